The predicted octanol–water partition coefficient (Wildman–Crippen LogP) is 6.43. The van der Waals surface area contributed by atoms with Crippen LogP contribution in [-0.2, 0) is 0 Å². The number of hydrogen-bond acceptors (Lipinski definition) is 1. The van der Waals surface area contributed by atoms with Crippen molar-refractivity contribution in [2.45, 2.75) is 42.0 Å². The molecular formula is C18H28O. The highest BCUT2D eigenvalue weighted by molar-refractivity contribution is 5.72. The summed E-state index contributed by atoms with van der Waals surface area (Å²) in [5.41, 5.74) is 2.14. The van der Waals surface area contributed by atoms with Gasteiger partial charge >= 0.3 is 0 Å². The van der Waals surface area contributed by atoms with E-state index in [4.69, 9.17) is 4.42 Å². The highest BCUT2D eigenvalue weighted by Crippen LogP contribution is 2.23. The Morgan fingerprint density at radius 1 is 1.21 bits per heavy atom. The lowest BCUT2D eigenvalue weighted by atomic mass is 10.1. The van der Waals surface area contributed by atoms with Crippen LogP contribution in [0, 0.1) is 6.92 Å². The van der Waals surface area contributed by atoms with E-state index in [1.165, 1.54) is 0 Å². The maximum absolute atomic E-state index is 5.74. The predicted molar refractivity (Wildman–Crippen MR) is 89.2 cm³/mol. The molecule has 1 nitrogen and oxygen atoms in total. The summed E-state index contributed by atoms with van der Waals surface area (Å²) in [6.45, 7) is 13.8. The summed E-state index contributed by atoms with van der Waals surface area (Å²) >= 11 is 0. The van der Waals surface area contributed by atoms with Gasteiger partial charge in [0, 0.05) is 5.57 Å². The molecule has 0 aromatic carbocycles. The van der Waals surface area contributed by atoms with Crippen LogP contribution in [0.3, 0.4) is 0 Å². The fourth-order valence-corrected chi connectivity index (χ4v) is 1.41. The molecule has 106 valence electrons. The van der Waals surface area contributed by atoms with Crippen LogP contribution in [0.4, 0.5) is 0 Å². The standard InChI is InChI=1S/C15H18O.C2H6.CH4/c1-5-8-10-13(7-3)15-11-12(4)14(16-15)9-6-2;1-2;/h5-11H,3H2,1-2,4H3;1-2H3;1H4/b8-5-,9-6-,13-10+;;. The Morgan fingerprint density at radius 3 is 2.32 bits per heavy atom. The van der Waals surface area contributed by atoms with Crippen molar-refractivity contribution in [2.75, 3.05) is 0 Å². The van der Waals surface area contributed by atoms with Crippen LogP contribution >= 0.6 is 0 Å². The highest BCUT2D eigenvalue weighted by atomic mass is 16.3. The van der Waals surface area contributed by atoms with E-state index in [2.05, 4.69) is 6.58 Å². The number of aryl methyl sites for hydroxylation is 1. The number of allylic oxidation sites excluding steroid dienone is 6. The second kappa shape index (κ2) is 11.3. The van der Waals surface area contributed by atoms with Gasteiger partial charge in [0.2, 0.25) is 0 Å². The quantitative estimate of drug-likeness (QED) is 0.568. The van der Waals surface area contributed by atoms with Gasteiger partial charge in [-0.3, -0.25) is 0 Å². The summed E-state index contributed by atoms with van der Waals surface area (Å²) in [5, 5.41) is 0. The van der Waals surface area contributed by atoms with Gasteiger partial charge in [-0.05, 0) is 38.5 Å². The van der Waals surface area contributed by atoms with Crippen LogP contribution in [0.15, 0.2) is 47.4 Å². The summed E-state index contributed by atoms with van der Waals surface area (Å²) in [4.78, 5) is 0. The van der Waals surface area contributed by atoms with Crippen LogP contribution in [0.2, 0.25) is 0 Å². The van der Waals surface area contributed by atoms with Gasteiger partial charge in [-0.15, -0.1) is 0 Å². The van der Waals surface area contributed by atoms with E-state index in [9.17, 15) is 0 Å². The van der Waals surface area contributed by atoms with Crippen molar-refractivity contribution in [3.05, 3.63) is 60.1 Å². The molecule has 1 heteroatoms. The highest BCUT2D eigenvalue weighted by Gasteiger charge is 2.06. The monoisotopic (exact) mass is 260 g/mol. The van der Waals surface area contributed by atoms with Gasteiger partial charge in [-0.1, -0.05) is 58.2 Å². The van der Waals surface area contributed by atoms with E-state index in [1.807, 2.05) is 71.1 Å². The molecule has 1 aromatic heterocycles. The average Bonchev–Trinajstić information content (AvgIpc) is 2.75. The molecule has 0 N–H and O–H groups in total. The first-order chi connectivity index (χ1) is 8.72. The van der Waals surface area contributed by atoms with Crippen LogP contribution < -0.4 is 0 Å². The molecule has 1 aromatic rings. The van der Waals surface area contributed by atoms with Gasteiger partial charge in [0.1, 0.15) is 11.5 Å². The molecule has 0 fully saturated rings. The maximum atomic E-state index is 5.74. The van der Waals surface area contributed by atoms with Crippen molar-refractivity contribution in [2.24, 2.45) is 0 Å². The first-order valence-corrected chi connectivity index (χ1v) is 6.41. The van der Waals surface area contributed by atoms with Crippen molar-refractivity contribution >= 4 is 11.6 Å². The third-order valence-corrected chi connectivity index (χ3v) is 2.25. The van der Waals surface area contributed by atoms with Crippen LogP contribution in [0.5, 0.6) is 0 Å². The van der Waals surface area contributed by atoms with Crippen LogP contribution in [0.1, 0.15) is 52.2 Å². The van der Waals surface area contributed by atoms with Gasteiger partial charge in [0.05, 0.1) is 0 Å². The minimum atomic E-state index is 0. The van der Waals surface area contributed by atoms with Crippen molar-refractivity contribution in [3.8, 4) is 0 Å². The maximum Gasteiger partial charge on any atom is 0.135 e. The zero-order valence-electron chi connectivity index (χ0n) is 12.2. The Kier molecular flexibility index (Phi) is 11.7. The van der Waals surface area contributed by atoms with E-state index in [-0.39, 0.29) is 7.43 Å². The van der Waals surface area contributed by atoms with Gasteiger partial charge in [0.25, 0.3) is 0 Å². The lowest BCUT2D eigenvalue weighted by Gasteiger charge is -1.94. The molecular weight excluding hydrogens is 232 g/mol. The first-order valence-electron chi connectivity index (χ1n) is 6.41. The number of hydrogen-bond donors (Lipinski definition) is 0. The van der Waals surface area contributed by atoms with E-state index in [0.717, 1.165) is 22.7 Å². The third kappa shape index (κ3) is 6.10. The molecule has 0 atom stereocenters. The molecule has 0 amide bonds. The normalized spacial score (nSPS) is 11.1. The second-order valence-electron chi connectivity index (χ2n) is 3.51. The Bertz CT molecular complexity index is 442. The van der Waals surface area contributed by atoms with Gasteiger partial charge in [-0.25, -0.2) is 0 Å². The molecule has 0 radical (unpaired) electrons. The van der Waals surface area contributed by atoms with Crippen molar-refractivity contribution in [1.29, 1.82) is 0 Å². The Labute approximate surface area is 119 Å². The zero-order chi connectivity index (χ0) is 14.0. The summed E-state index contributed by atoms with van der Waals surface area (Å²) in [6, 6.07) is 2.03. The first kappa shape index (κ1) is 19.6. The number of furan rings is 1. The van der Waals surface area contributed by atoms with E-state index >= 15 is 0 Å². The topological polar surface area (TPSA) is 13.1 Å². The Hall–Kier alpha value is -1.76. The fraction of sp³-hybridized carbons (Fsp3) is 0.333. The Balaban J connectivity index is 0. The van der Waals surface area contributed by atoms with E-state index < -0.39 is 0 Å². The molecule has 1 heterocycles. The fourth-order valence-electron chi connectivity index (χ4n) is 1.41. The minimum Gasteiger partial charge on any atom is -0.456 e. The van der Waals surface area contributed by atoms with Gasteiger partial charge in [0.15, 0.2) is 0 Å². The lowest BCUT2D eigenvalue weighted by molar-refractivity contribution is 0.542. The molecule has 1 rings (SSSR count). The summed E-state index contributed by atoms with van der Waals surface area (Å²) in [6.07, 6.45) is 11.7. The molecule has 0 saturated heterocycles. The molecule has 0 aliphatic carbocycles. The minimum absolute atomic E-state index is 0. The SMILES string of the molecule is C.C=C/C(=C\C=C/C)c1cc(C)c(/C=C\C)o1.CC. The summed E-state index contributed by atoms with van der Waals surface area (Å²) < 4.78 is 5.74. The lowest BCUT2D eigenvalue weighted by Crippen LogP contribution is -1.73. The van der Waals surface area contributed by atoms with E-state index in [0.29, 0.717) is 0 Å². The van der Waals surface area contributed by atoms with Gasteiger partial charge in [-0.2, -0.15) is 0 Å². The average molecular weight is 260 g/mol. The molecule has 0 bridgehead atoms. The molecule has 0 saturated carbocycles. The Morgan fingerprint density at radius 2 is 1.84 bits per heavy atom. The number of rotatable bonds is 4. The largest absolute Gasteiger partial charge is 0.456 e. The van der Waals surface area contributed by atoms with Crippen LogP contribution in [0.25, 0.3) is 11.6 Å². The zero-order valence-corrected chi connectivity index (χ0v) is 12.2. The van der Waals surface area contributed by atoms with Gasteiger partial charge < -0.3 is 4.42 Å². The summed E-state index contributed by atoms with van der Waals surface area (Å²) in [5.74, 6) is 1.77. The molecule has 0 aliphatic heterocycles. The molecule has 19 heavy (non-hydrogen) atoms. The second-order valence-corrected chi connectivity index (χ2v) is 3.51. The molecule has 0 unspecified atom stereocenters. The third-order valence-electron chi connectivity index (χ3n) is 2.25. The molecule has 0 spiro atoms. The van der Waals surface area contributed by atoms with Crippen molar-refractivity contribution < 1.29 is 4.42 Å². The molecule has 0 aliphatic rings. The van der Waals surface area contributed by atoms with Crippen molar-refractivity contribution in [3.63, 3.8) is 0 Å². The van der Waals surface area contributed by atoms with Crippen molar-refractivity contribution in [1.82, 2.24) is 0 Å². The summed E-state index contributed by atoms with van der Waals surface area (Å²) in [7, 11) is 0. The van der Waals surface area contributed by atoms with E-state index in [1.54, 1.807) is 6.08 Å². The smallest absolute Gasteiger partial charge is 0.135 e. The van der Waals surface area contributed by atoms with Crippen LogP contribution in [-0.4, -0.2) is 0 Å².